The van der Waals surface area contributed by atoms with Gasteiger partial charge in [-0.05, 0) is 30.5 Å². The minimum absolute atomic E-state index is 0.511. The lowest BCUT2D eigenvalue weighted by molar-refractivity contribution is -0.0731. The van der Waals surface area contributed by atoms with Crippen molar-refractivity contribution in [3.8, 4) is 0 Å². The van der Waals surface area contributed by atoms with Crippen LogP contribution in [0.4, 0.5) is 5.69 Å². The number of ether oxygens (including phenoxy) is 1. The van der Waals surface area contributed by atoms with Crippen LogP contribution in [0.1, 0.15) is 18.4 Å². The summed E-state index contributed by atoms with van der Waals surface area (Å²) in [7, 11) is 1.82. The molecule has 0 bridgehead atoms. The predicted octanol–water partition coefficient (Wildman–Crippen LogP) is 1.76. The highest BCUT2D eigenvalue weighted by Gasteiger charge is 2.52. The third-order valence-electron chi connectivity index (χ3n) is 4.24. The molecule has 3 nitrogen and oxygen atoms in total. The second kappa shape index (κ2) is 4.00. The molecule has 1 heterocycles. The molecule has 1 saturated carbocycles. The molecule has 1 saturated heterocycles. The van der Waals surface area contributed by atoms with Gasteiger partial charge in [0.1, 0.15) is 0 Å². The van der Waals surface area contributed by atoms with E-state index in [0.717, 1.165) is 0 Å². The zero-order valence-corrected chi connectivity index (χ0v) is 10.4. The highest BCUT2D eigenvalue weighted by Crippen LogP contribution is 2.50. The van der Waals surface area contributed by atoms with E-state index in [0.29, 0.717) is 18.1 Å². The Morgan fingerprint density at radius 2 is 1.94 bits per heavy atom. The molecule has 3 rings (SSSR count). The number of hydrogen-bond donors (Lipinski definition) is 1. The molecule has 0 amide bonds. The van der Waals surface area contributed by atoms with Crippen LogP contribution in [0.25, 0.3) is 0 Å². The molecule has 2 aliphatic rings. The molecular formula is C14H20N2O. The Kier molecular flexibility index (Phi) is 2.60. The van der Waals surface area contributed by atoms with Crippen molar-refractivity contribution in [3.05, 3.63) is 29.8 Å². The fourth-order valence-electron chi connectivity index (χ4n) is 3.12. The van der Waals surface area contributed by atoms with Gasteiger partial charge < -0.3 is 15.4 Å². The lowest BCUT2D eigenvalue weighted by Gasteiger charge is -2.59. The van der Waals surface area contributed by atoms with Gasteiger partial charge in [-0.1, -0.05) is 12.1 Å². The van der Waals surface area contributed by atoms with Crippen molar-refractivity contribution in [1.29, 1.82) is 0 Å². The van der Waals surface area contributed by atoms with Crippen molar-refractivity contribution in [3.63, 3.8) is 0 Å². The van der Waals surface area contributed by atoms with Gasteiger partial charge in [0.2, 0.25) is 0 Å². The van der Waals surface area contributed by atoms with E-state index in [1.807, 2.05) is 7.11 Å². The maximum Gasteiger partial charge on any atom is 0.0584 e. The summed E-state index contributed by atoms with van der Waals surface area (Å²) in [5.74, 6) is 0. The van der Waals surface area contributed by atoms with Gasteiger partial charge in [0, 0.05) is 37.8 Å². The molecule has 1 aromatic rings. The maximum atomic E-state index is 5.60. The van der Waals surface area contributed by atoms with E-state index in [9.17, 15) is 0 Å². The van der Waals surface area contributed by atoms with Crippen molar-refractivity contribution in [1.82, 2.24) is 0 Å². The zero-order chi connectivity index (χ0) is 11.9. The van der Waals surface area contributed by atoms with Crippen LogP contribution >= 0.6 is 0 Å². The van der Waals surface area contributed by atoms with Gasteiger partial charge in [0.25, 0.3) is 0 Å². The third-order valence-corrected chi connectivity index (χ3v) is 4.24. The quantitative estimate of drug-likeness (QED) is 0.863. The number of hydrogen-bond acceptors (Lipinski definition) is 3. The van der Waals surface area contributed by atoms with Gasteiger partial charge >= 0.3 is 0 Å². The molecule has 17 heavy (non-hydrogen) atoms. The summed E-state index contributed by atoms with van der Waals surface area (Å²) in [4.78, 5) is 2.45. The lowest BCUT2D eigenvalue weighted by atomic mass is 9.61. The van der Waals surface area contributed by atoms with Crippen molar-refractivity contribution in [2.45, 2.75) is 25.5 Å². The van der Waals surface area contributed by atoms with Crippen LogP contribution in [0.3, 0.4) is 0 Å². The summed E-state index contributed by atoms with van der Waals surface area (Å²) in [5.41, 5.74) is 8.69. The molecule has 2 fully saturated rings. The van der Waals surface area contributed by atoms with Gasteiger partial charge in [-0.2, -0.15) is 0 Å². The van der Waals surface area contributed by atoms with Gasteiger partial charge in [-0.25, -0.2) is 0 Å². The summed E-state index contributed by atoms with van der Waals surface area (Å²) >= 11 is 0. The summed E-state index contributed by atoms with van der Waals surface area (Å²) in [6, 6.07) is 8.61. The van der Waals surface area contributed by atoms with Crippen LogP contribution < -0.4 is 10.6 Å². The van der Waals surface area contributed by atoms with Gasteiger partial charge in [-0.3, -0.25) is 0 Å². The minimum Gasteiger partial charge on any atom is -0.381 e. The molecular weight excluding hydrogens is 212 g/mol. The first-order chi connectivity index (χ1) is 8.24. The standard InChI is InChI=1S/C14H20N2O/c1-17-13-6-14(7-13)9-16(10-14)12-4-2-11(8-15)3-5-12/h2-5,13H,6-10,15H2,1H3. The molecule has 2 N–H and O–H groups in total. The van der Waals surface area contributed by atoms with Crippen molar-refractivity contribution >= 4 is 5.69 Å². The van der Waals surface area contributed by atoms with Crippen LogP contribution in [0.15, 0.2) is 24.3 Å². The number of nitrogens with two attached hydrogens (primary N) is 1. The van der Waals surface area contributed by atoms with E-state index < -0.39 is 0 Å². The summed E-state index contributed by atoms with van der Waals surface area (Å²) in [6.07, 6.45) is 2.98. The van der Waals surface area contributed by atoms with Crippen molar-refractivity contribution < 1.29 is 4.74 Å². The smallest absolute Gasteiger partial charge is 0.0584 e. The Hall–Kier alpha value is -1.06. The summed E-state index contributed by atoms with van der Waals surface area (Å²) in [5, 5.41) is 0. The van der Waals surface area contributed by atoms with E-state index in [1.165, 1.54) is 37.2 Å². The van der Waals surface area contributed by atoms with Crippen LogP contribution in [-0.2, 0) is 11.3 Å². The Labute approximate surface area is 103 Å². The van der Waals surface area contributed by atoms with Crippen LogP contribution in [-0.4, -0.2) is 26.3 Å². The highest BCUT2D eigenvalue weighted by molar-refractivity contribution is 5.51. The molecule has 0 radical (unpaired) electrons. The Bertz CT molecular complexity index is 387. The van der Waals surface area contributed by atoms with Gasteiger partial charge in [0.05, 0.1) is 6.10 Å². The minimum atomic E-state index is 0.511. The molecule has 0 atom stereocenters. The van der Waals surface area contributed by atoms with E-state index in [-0.39, 0.29) is 0 Å². The molecule has 0 aromatic heterocycles. The normalized spacial score (nSPS) is 22.4. The lowest BCUT2D eigenvalue weighted by Crippen LogP contribution is -2.64. The van der Waals surface area contributed by atoms with Crippen LogP contribution in [0.5, 0.6) is 0 Å². The van der Waals surface area contributed by atoms with Crippen molar-refractivity contribution in [2.75, 3.05) is 25.1 Å². The van der Waals surface area contributed by atoms with Gasteiger partial charge in [0.15, 0.2) is 0 Å². The number of nitrogens with zero attached hydrogens (tertiary/aromatic N) is 1. The first-order valence-corrected chi connectivity index (χ1v) is 6.31. The highest BCUT2D eigenvalue weighted by atomic mass is 16.5. The number of rotatable bonds is 3. The monoisotopic (exact) mass is 232 g/mol. The molecule has 92 valence electrons. The molecule has 1 spiro atoms. The van der Waals surface area contributed by atoms with E-state index in [4.69, 9.17) is 10.5 Å². The molecule has 1 aliphatic heterocycles. The van der Waals surface area contributed by atoms with E-state index >= 15 is 0 Å². The number of anilines is 1. The topological polar surface area (TPSA) is 38.5 Å². The fraction of sp³-hybridized carbons (Fsp3) is 0.571. The average molecular weight is 232 g/mol. The average Bonchev–Trinajstić information content (AvgIpc) is 2.27. The van der Waals surface area contributed by atoms with E-state index in [1.54, 1.807) is 0 Å². The molecule has 1 aliphatic carbocycles. The van der Waals surface area contributed by atoms with E-state index in [2.05, 4.69) is 29.2 Å². The van der Waals surface area contributed by atoms with Gasteiger partial charge in [-0.15, -0.1) is 0 Å². The molecule has 1 aromatic carbocycles. The SMILES string of the molecule is COC1CC2(C1)CN(c1ccc(CN)cc1)C2. The van der Waals surface area contributed by atoms with Crippen LogP contribution in [0, 0.1) is 5.41 Å². The number of benzene rings is 1. The second-order valence-corrected chi connectivity index (χ2v) is 5.49. The Morgan fingerprint density at radius 1 is 1.29 bits per heavy atom. The summed E-state index contributed by atoms with van der Waals surface area (Å²) < 4.78 is 5.36. The molecule has 0 unspecified atom stereocenters. The first kappa shape index (κ1) is 11.1. The first-order valence-electron chi connectivity index (χ1n) is 6.31. The maximum absolute atomic E-state index is 5.60. The largest absolute Gasteiger partial charge is 0.381 e. The third kappa shape index (κ3) is 1.83. The Morgan fingerprint density at radius 3 is 2.47 bits per heavy atom. The fourth-order valence-corrected chi connectivity index (χ4v) is 3.12. The second-order valence-electron chi connectivity index (χ2n) is 5.49. The van der Waals surface area contributed by atoms with Crippen molar-refractivity contribution in [2.24, 2.45) is 11.1 Å². The van der Waals surface area contributed by atoms with Crippen LogP contribution in [0.2, 0.25) is 0 Å². The predicted molar refractivity (Wildman–Crippen MR) is 69.0 cm³/mol. The zero-order valence-electron chi connectivity index (χ0n) is 10.4. The molecule has 3 heteroatoms. The number of methoxy groups -OCH3 is 1. The summed E-state index contributed by atoms with van der Waals surface area (Å²) in [6.45, 7) is 3.00. The Balaban J connectivity index is 1.58.